The van der Waals surface area contributed by atoms with Gasteiger partial charge in [0.25, 0.3) is 0 Å². The smallest absolute Gasteiger partial charge is 0.225 e. The number of nitrogens with zero attached hydrogens (tertiary/aromatic N) is 1. The number of amides is 1. The highest BCUT2D eigenvalue weighted by Crippen LogP contribution is 2.32. The molecule has 0 spiro atoms. The second-order valence-electron chi connectivity index (χ2n) is 4.38. The summed E-state index contributed by atoms with van der Waals surface area (Å²) in [5, 5.41) is 3.34. The summed E-state index contributed by atoms with van der Waals surface area (Å²) in [6.45, 7) is 5.13. The Kier molecular flexibility index (Phi) is 3.06. The van der Waals surface area contributed by atoms with E-state index in [-0.39, 0.29) is 0 Å². The summed E-state index contributed by atoms with van der Waals surface area (Å²) in [5.74, 6) is 0.796. The lowest BCUT2D eigenvalue weighted by Crippen LogP contribution is -2.46. The maximum Gasteiger partial charge on any atom is 0.225 e. The molecule has 0 bridgehead atoms. The highest BCUT2D eigenvalue weighted by atomic mass is 16.2. The summed E-state index contributed by atoms with van der Waals surface area (Å²) in [6, 6.07) is 0.509. The molecular formula is C11H20N2O. The molecule has 1 aliphatic carbocycles. The standard InChI is InChI=1S/C11H20N2O/c1-2-13(11(14)9-3-4-9)10-5-7-12-8-6-10/h9-10,12H,2-8H2,1H3. The van der Waals surface area contributed by atoms with Crippen LogP contribution >= 0.6 is 0 Å². The van der Waals surface area contributed by atoms with Gasteiger partial charge < -0.3 is 10.2 Å². The molecular weight excluding hydrogens is 176 g/mol. The summed E-state index contributed by atoms with van der Waals surface area (Å²) in [7, 11) is 0. The van der Waals surface area contributed by atoms with E-state index in [9.17, 15) is 4.79 Å². The number of nitrogens with one attached hydrogen (secondary N) is 1. The van der Waals surface area contributed by atoms with E-state index >= 15 is 0 Å². The lowest BCUT2D eigenvalue weighted by Gasteiger charge is -2.34. The minimum absolute atomic E-state index is 0.379. The van der Waals surface area contributed by atoms with Crippen LogP contribution in [0.15, 0.2) is 0 Å². The number of piperidine rings is 1. The van der Waals surface area contributed by atoms with Crippen LogP contribution in [-0.4, -0.2) is 36.5 Å². The van der Waals surface area contributed by atoms with Crippen LogP contribution in [0.3, 0.4) is 0 Å². The topological polar surface area (TPSA) is 32.3 Å². The van der Waals surface area contributed by atoms with Crippen LogP contribution in [0.2, 0.25) is 0 Å². The molecule has 1 saturated heterocycles. The number of rotatable bonds is 3. The molecule has 80 valence electrons. The van der Waals surface area contributed by atoms with Crippen LogP contribution in [-0.2, 0) is 4.79 Å². The van der Waals surface area contributed by atoms with E-state index in [0.29, 0.717) is 17.9 Å². The van der Waals surface area contributed by atoms with Crippen LogP contribution in [0.5, 0.6) is 0 Å². The quantitative estimate of drug-likeness (QED) is 0.730. The number of hydrogen-bond donors (Lipinski definition) is 1. The van der Waals surface area contributed by atoms with Gasteiger partial charge in [0, 0.05) is 18.5 Å². The van der Waals surface area contributed by atoms with Crippen molar-refractivity contribution in [2.45, 2.75) is 38.6 Å². The molecule has 0 aromatic carbocycles. The van der Waals surface area contributed by atoms with Crippen molar-refractivity contribution in [2.75, 3.05) is 19.6 Å². The molecule has 3 nitrogen and oxygen atoms in total. The first-order valence-corrected chi connectivity index (χ1v) is 5.84. The summed E-state index contributed by atoms with van der Waals surface area (Å²) in [4.78, 5) is 14.1. The van der Waals surface area contributed by atoms with Gasteiger partial charge >= 0.3 is 0 Å². The van der Waals surface area contributed by atoms with Crippen LogP contribution in [0.4, 0.5) is 0 Å². The van der Waals surface area contributed by atoms with Crippen molar-refractivity contribution < 1.29 is 4.79 Å². The van der Waals surface area contributed by atoms with Crippen LogP contribution < -0.4 is 5.32 Å². The highest BCUT2D eigenvalue weighted by Gasteiger charge is 2.35. The summed E-state index contributed by atoms with van der Waals surface area (Å²) in [5.41, 5.74) is 0. The molecule has 0 radical (unpaired) electrons. The lowest BCUT2D eigenvalue weighted by molar-refractivity contribution is -0.135. The van der Waals surface area contributed by atoms with Gasteiger partial charge in [-0.15, -0.1) is 0 Å². The Balaban J connectivity index is 1.92. The fraction of sp³-hybridized carbons (Fsp3) is 0.909. The first-order valence-electron chi connectivity index (χ1n) is 5.84. The molecule has 2 rings (SSSR count). The molecule has 2 fully saturated rings. The molecule has 0 unspecified atom stereocenters. The Morgan fingerprint density at radius 3 is 2.43 bits per heavy atom. The molecule has 2 aliphatic rings. The molecule has 3 heteroatoms. The average molecular weight is 196 g/mol. The summed E-state index contributed by atoms with van der Waals surface area (Å²) in [6.07, 6.45) is 4.51. The second-order valence-corrected chi connectivity index (χ2v) is 4.38. The third-order valence-corrected chi connectivity index (χ3v) is 3.30. The molecule has 1 aliphatic heterocycles. The minimum Gasteiger partial charge on any atom is -0.340 e. The van der Waals surface area contributed by atoms with Gasteiger partial charge in [-0.2, -0.15) is 0 Å². The molecule has 1 amide bonds. The van der Waals surface area contributed by atoms with E-state index < -0.39 is 0 Å². The van der Waals surface area contributed by atoms with E-state index in [4.69, 9.17) is 0 Å². The van der Waals surface area contributed by atoms with E-state index in [1.54, 1.807) is 0 Å². The third kappa shape index (κ3) is 2.08. The second kappa shape index (κ2) is 4.30. The zero-order valence-electron chi connectivity index (χ0n) is 8.96. The lowest BCUT2D eigenvalue weighted by atomic mass is 10.0. The first-order chi connectivity index (χ1) is 6.83. The third-order valence-electron chi connectivity index (χ3n) is 3.30. The van der Waals surface area contributed by atoms with Crippen molar-refractivity contribution in [2.24, 2.45) is 5.92 Å². The number of carbonyl (C=O) groups excluding carboxylic acids is 1. The Bertz CT molecular complexity index is 207. The van der Waals surface area contributed by atoms with Crippen LogP contribution in [0.1, 0.15) is 32.6 Å². The molecule has 0 aromatic rings. The predicted octanol–water partition coefficient (Wildman–Crippen LogP) is 0.997. The Labute approximate surface area is 85.8 Å². The molecule has 14 heavy (non-hydrogen) atoms. The predicted molar refractivity (Wildman–Crippen MR) is 56.0 cm³/mol. The normalized spacial score (nSPS) is 23.5. The summed E-state index contributed by atoms with van der Waals surface area (Å²) < 4.78 is 0. The van der Waals surface area contributed by atoms with Gasteiger partial charge in [0.1, 0.15) is 0 Å². The molecule has 1 N–H and O–H groups in total. The molecule has 0 aromatic heterocycles. The fourth-order valence-corrected chi connectivity index (χ4v) is 2.28. The Morgan fingerprint density at radius 2 is 1.93 bits per heavy atom. The number of carbonyl (C=O) groups is 1. The van der Waals surface area contributed by atoms with Crippen molar-refractivity contribution in [3.05, 3.63) is 0 Å². The van der Waals surface area contributed by atoms with Crippen molar-refractivity contribution in [1.29, 1.82) is 0 Å². The van der Waals surface area contributed by atoms with E-state index in [1.165, 1.54) is 0 Å². The van der Waals surface area contributed by atoms with Gasteiger partial charge in [0.2, 0.25) is 5.91 Å². The Hall–Kier alpha value is -0.570. The van der Waals surface area contributed by atoms with Gasteiger partial charge in [-0.05, 0) is 45.7 Å². The van der Waals surface area contributed by atoms with Gasteiger partial charge in [-0.25, -0.2) is 0 Å². The SMILES string of the molecule is CCN(C(=O)C1CC1)C1CCNCC1. The van der Waals surface area contributed by atoms with Crippen LogP contribution in [0.25, 0.3) is 0 Å². The minimum atomic E-state index is 0.379. The van der Waals surface area contributed by atoms with Crippen LogP contribution in [0, 0.1) is 5.92 Å². The van der Waals surface area contributed by atoms with Crippen molar-refractivity contribution in [3.8, 4) is 0 Å². The van der Waals surface area contributed by atoms with E-state index in [1.807, 2.05) is 0 Å². The number of hydrogen-bond acceptors (Lipinski definition) is 2. The van der Waals surface area contributed by atoms with E-state index in [0.717, 1.165) is 45.3 Å². The molecule has 0 atom stereocenters. The molecule has 1 saturated carbocycles. The first kappa shape index (κ1) is 9.97. The maximum atomic E-state index is 11.9. The summed E-state index contributed by atoms with van der Waals surface area (Å²) >= 11 is 0. The zero-order chi connectivity index (χ0) is 9.97. The zero-order valence-corrected chi connectivity index (χ0v) is 8.96. The van der Waals surface area contributed by atoms with Gasteiger partial charge in [0.15, 0.2) is 0 Å². The molecule has 1 heterocycles. The Morgan fingerprint density at radius 1 is 1.29 bits per heavy atom. The van der Waals surface area contributed by atoms with Gasteiger partial charge in [-0.3, -0.25) is 4.79 Å². The van der Waals surface area contributed by atoms with Crippen molar-refractivity contribution in [1.82, 2.24) is 10.2 Å². The highest BCUT2D eigenvalue weighted by molar-refractivity contribution is 5.81. The average Bonchev–Trinajstić information content (AvgIpc) is 3.03. The van der Waals surface area contributed by atoms with Crippen molar-refractivity contribution >= 4 is 5.91 Å². The van der Waals surface area contributed by atoms with Gasteiger partial charge in [-0.1, -0.05) is 0 Å². The fourth-order valence-electron chi connectivity index (χ4n) is 2.28. The largest absolute Gasteiger partial charge is 0.340 e. The monoisotopic (exact) mass is 196 g/mol. The van der Waals surface area contributed by atoms with Gasteiger partial charge in [0.05, 0.1) is 0 Å². The van der Waals surface area contributed by atoms with E-state index in [2.05, 4.69) is 17.1 Å². The van der Waals surface area contributed by atoms with Crippen molar-refractivity contribution in [3.63, 3.8) is 0 Å². The maximum absolute atomic E-state index is 11.9.